The molecule has 2 aromatic rings. The summed E-state index contributed by atoms with van der Waals surface area (Å²) < 4.78 is 16.9. The molecule has 0 saturated heterocycles. The van der Waals surface area contributed by atoms with Gasteiger partial charge < -0.3 is 19.5 Å². The van der Waals surface area contributed by atoms with E-state index in [1.807, 2.05) is 20.0 Å². The Morgan fingerprint density at radius 1 is 1.37 bits per heavy atom. The van der Waals surface area contributed by atoms with Crippen molar-refractivity contribution in [1.29, 1.82) is 0 Å². The number of ether oxygens (including phenoxy) is 3. The van der Waals surface area contributed by atoms with Crippen molar-refractivity contribution in [2.75, 3.05) is 39.4 Å². The van der Waals surface area contributed by atoms with Crippen LogP contribution >= 0.6 is 0 Å². The largest absolute Gasteiger partial charge is 0.492 e. The molecule has 0 amide bonds. The van der Waals surface area contributed by atoms with E-state index in [2.05, 4.69) is 22.1 Å². The molecule has 8 nitrogen and oxygen atoms in total. The second kappa shape index (κ2) is 8.13. The monoisotopic (exact) mass is 409 g/mol. The van der Waals surface area contributed by atoms with Gasteiger partial charge in [0.05, 0.1) is 18.6 Å². The van der Waals surface area contributed by atoms with Gasteiger partial charge in [-0.15, -0.1) is 0 Å². The van der Waals surface area contributed by atoms with Crippen LogP contribution in [0, 0.1) is 28.9 Å². The zero-order valence-electron chi connectivity index (χ0n) is 17.2. The molecule has 2 aliphatic rings. The molecule has 2 aromatic carbocycles. The Bertz CT molecular complexity index is 1060. The van der Waals surface area contributed by atoms with Gasteiger partial charge in [-0.1, -0.05) is 11.8 Å². The van der Waals surface area contributed by atoms with E-state index >= 15 is 0 Å². The van der Waals surface area contributed by atoms with Crippen molar-refractivity contribution in [3.63, 3.8) is 0 Å². The Morgan fingerprint density at radius 2 is 2.20 bits per heavy atom. The second-order valence-corrected chi connectivity index (χ2v) is 7.28. The van der Waals surface area contributed by atoms with Crippen LogP contribution in [-0.2, 0) is 6.42 Å². The first kappa shape index (κ1) is 19.9. The number of benzene rings is 2. The van der Waals surface area contributed by atoms with Gasteiger partial charge >= 0.3 is 0 Å². The number of nitrogens with one attached hydrogen (secondary N) is 1. The van der Waals surface area contributed by atoms with Gasteiger partial charge in [0.25, 0.3) is 5.69 Å². The smallest absolute Gasteiger partial charge is 0.269 e. The average Bonchev–Trinajstić information content (AvgIpc) is 3.20. The van der Waals surface area contributed by atoms with Crippen molar-refractivity contribution < 1.29 is 19.1 Å². The SMILES string of the molecule is COc1c2c(cc3c1[C@H](C#CCNc1ccc([N+](=O)[O-])cc1C)N(C)CC3)OCO2. The average molecular weight is 409 g/mol. The van der Waals surface area contributed by atoms with Gasteiger partial charge in [-0.05, 0) is 43.7 Å². The molecule has 0 bridgehead atoms. The normalized spacial score (nSPS) is 17.0. The first-order valence-corrected chi connectivity index (χ1v) is 9.66. The van der Waals surface area contributed by atoms with Crippen LogP contribution in [0.2, 0.25) is 0 Å². The van der Waals surface area contributed by atoms with E-state index in [1.54, 1.807) is 19.2 Å². The number of nitro benzene ring substituents is 1. The second-order valence-electron chi connectivity index (χ2n) is 7.28. The molecular weight excluding hydrogens is 386 g/mol. The number of non-ortho nitro benzene ring substituents is 1. The molecule has 0 saturated carbocycles. The van der Waals surface area contributed by atoms with Crippen LogP contribution in [0.3, 0.4) is 0 Å². The topological polar surface area (TPSA) is 86.1 Å². The Hall–Kier alpha value is -3.44. The van der Waals surface area contributed by atoms with Crippen LogP contribution in [0.25, 0.3) is 0 Å². The summed E-state index contributed by atoms with van der Waals surface area (Å²) in [7, 11) is 3.68. The van der Waals surface area contributed by atoms with Crippen molar-refractivity contribution in [3.05, 3.63) is 51.1 Å². The molecule has 2 aliphatic heterocycles. The Balaban J connectivity index is 1.56. The highest BCUT2D eigenvalue weighted by atomic mass is 16.7. The molecule has 1 atom stereocenters. The fourth-order valence-electron chi connectivity index (χ4n) is 3.86. The quantitative estimate of drug-likeness (QED) is 0.471. The summed E-state index contributed by atoms with van der Waals surface area (Å²) in [6, 6.07) is 6.65. The molecule has 156 valence electrons. The van der Waals surface area contributed by atoms with Crippen molar-refractivity contribution >= 4 is 11.4 Å². The molecule has 0 fully saturated rings. The molecule has 2 heterocycles. The Kier molecular flexibility index (Phi) is 5.38. The number of fused-ring (bicyclic) bond motifs is 2. The highest BCUT2D eigenvalue weighted by molar-refractivity contribution is 5.63. The summed E-state index contributed by atoms with van der Waals surface area (Å²) in [5.74, 6) is 8.58. The molecule has 30 heavy (non-hydrogen) atoms. The fourth-order valence-corrected chi connectivity index (χ4v) is 3.86. The minimum atomic E-state index is -0.397. The minimum Gasteiger partial charge on any atom is -0.492 e. The summed E-state index contributed by atoms with van der Waals surface area (Å²) in [4.78, 5) is 12.7. The molecular formula is C22H23N3O5. The lowest BCUT2D eigenvalue weighted by Crippen LogP contribution is -2.31. The van der Waals surface area contributed by atoms with E-state index < -0.39 is 4.92 Å². The fraction of sp³-hybridized carbons (Fsp3) is 0.364. The zero-order valence-corrected chi connectivity index (χ0v) is 17.2. The van der Waals surface area contributed by atoms with Gasteiger partial charge in [-0.25, -0.2) is 0 Å². The number of hydrogen-bond acceptors (Lipinski definition) is 7. The van der Waals surface area contributed by atoms with E-state index in [0.717, 1.165) is 41.1 Å². The summed E-state index contributed by atoms with van der Waals surface area (Å²) >= 11 is 0. The number of nitrogens with zero attached hydrogens (tertiary/aromatic N) is 2. The number of hydrogen-bond donors (Lipinski definition) is 1. The first-order chi connectivity index (χ1) is 14.5. The maximum atomic E-state index is 10.9. The lowest BCUT2D eigenvalue weighted by atomic mass is 9.91. The van der Waals surface area contributed by atoms with Crippen LogP contribution in [-0.4, -0.2) is 43.9 Å². The lowest BCUT2D eigenvalue weighted by Gasteiger charge is -2.32. The van der Waals surface area contributed by atoms with E-state index in [0.29, 0.717) is 18.0 Å². The highest BCUT2D eigenvalue weighted by Gasteiger charge is 2.33. The number of anilines is 1. The van der Waals surface area contributed by atoms with Gasteiger partial charge in [-0.2, -0.15) is 0 Å². The molecule has 0 aliphatic carbocycles. The van der Waals surface area contributed by atoms with Crippen LogP contribution in [0.1, 0.15) is 22.7 Å². The maximum Gasteiger partial charge on any atom is 0.269 e. The number of likely N-dealkylation sites (N-methyl/N-ethyl adjacent to an activating group) is 1. The molecule has 4 rings (SSSR count). The lowest BCUT2D eigenvalue weighted by molar-refractivity contribution is -0.384. The van der Waals surface area contributed by atoms with Gasteiger partial charge in [0.15, 0.2) is 11.5 Å². The van der Waals surface area contributed by atoms with Crippen LogP contribution < -0.4 is 19.5 Å². The molecule has 0 unspecified atom stereocenters. The van der Waals surface area contributed by atoms with Crippen LogP contribution in [0.5, 0.6) is 17.2 Å². The number of rotatable bonds is 4. The molecule has 1 N–H and O–H groups in total. The van der Waals surface area contributed by atoms with Gasteiger partial charge in [0.1, 0.15) is 6.04 Å². The number of nitro groups is 1. The van der Waals surface area contributed by atoms with Gasteiger partial charge in [0.2, 0.25) is 12.5 Å². The number of aryl methyl sites for hydroxylation is 1. The minimum absolute atomic E-state index is 0.0791. The van der Waals surface area contributed by atoms with Crippen LogP contribution in [0.15, 0.2) is 24.3 Å². The summed E-state index contributed by atoms with van der Waals surface area (Å²) in [5.41, 5.74) is 3.89. The zero-order chi connectivity index (χ0) is 21.3. The van der Waals surface area contributed by atoms with E-state index in [4.69, 9.17) is 14.2 Å². The first-order valence-electron chi connectivity index (χ1n) is 9.66. The molecule has 0 radical (unpaired) electrons. The van der Waals surface area contributed by atoms with Crippen LogP contribution in [0.4, 0.5) is 11.4 Å². The van der Waals surface area contributed by atoms with Crippen molar-refractivity contribution in [3.8, 4) is 29.1 Å². The number of methoxy groups -OCH3 is 1. The standard InChI is InChI=1S/C22H23N3O5/c1-14-11-16(25(26)27)6-7-17(14)23-9-4-5-18-20-15(8-10-24(18)2)12-19-21(22(20)28-3)30-13-29-19/h6-7,11-12,18,23H,8-10,13H2,1-3H3/t18-/m0/s1. The third-order valence-corrected chi connectivity index (χ3v) is 5.42. The molecule has 0 aromatic heterocycles. The summed E-state index contributed by atoms with van der Waals surface area (Å²) in [6.07, 6.45) is 0.886. The van der Waals surface area contributed by atoms with Gasteiger partial charge in [-0.3, -0.25) is 15.0 Å². The van der Waals surface area contributed by atoms with E-state index in [9.17, 15) is 10.1 Å². The van der Waals surface area contributed by atoms with E-state index in [1.165, 1.54) is 6.07 Å². The van der Waals surface area contributed by atoms with Crippen molar-refractivity contribution in [2.24, 2.45) is 0 Å². The van der Waals surface area contributed by atoms with Gasteiger partial charge in [0, 0.05) is 29.9 Å². The molecule has 8 heteroatoms. The van der Waals surface area contributed by atoms with Crippen molar-refractivity contribution in [2.45, 2.75) is 19.4 Å². The predicted molar refractivity (Wildman–Crippen MR) is 112 cm³/mol. The highest BCUT2D eigenvalue weighted by Crippen LogP contribution is 2.49. The van der Waals surface area contributed by atoms with E-state index in [-0.39, 0.29) is 18.5 Å². The van der Waals surface area contributed by atoms with Crippen molar-refractivity contribution in [1.82, 2.24) is 4.90 Å². The Morgan fingerprint density at radius 3 is 2.93 bits per heavy atom. The third-order valence-electron chi connectivity index (χ3n) is 5.42. The predicted octanol–water partition coefficient (Wildman–Crippen LogP) is 3.29. The summed E-state index contributed by atoms with van der Waals surface area (Å²) in [5, 5.41) is 14.1. The molecule has 0 spiro atoms. The summed E-state index contributed by atoms with van der Waals surface area (Å²) in [6.45, 7) is 3.33. The third kappa shape index (κ3) is 3.60. The maximum absolute atomic E-state index is 10.9. The Labute approximate surface area is 174 Å².